The zero-order valence-electron chi connectivity index (χ0n) is 13.2. The van der Waals surface area contributed by atoms with Crippen LogP contribution in [0, 0.1) is 16.7 Å². The van der Waals surface area contributed by atoms with Crippen LogP contribution >= 0.6 is 11.3 Å². The number of fused-ring (bicyclic) bond motifs is 1. The minimum atomic E-state index is 0.174. The van der Waals surface area contributed by atoms with Crippen molar-refractivity contribution in [1.82, 2.24) is 9.97 Å². The number of aromatic nitrogens is 2. The van der Waals surface area contributed by atoms with E-state index in [1.807, 2.05) is 6.20 Å². The van der Waals surface area contributed by atoms with E-state index in [4.69, 9.17) is 5.26 Å². The Morgan fingerprint density at radius 2 is 2.27 bits per heavy atom. The van der Waals surface area contributed by atoms with Gasteiger partial charge in [0.2, 0.25) is 5.82 Å². The molecule has 0 amide bonds. The summed E-state index contributed by atoms with van der Waals surface area (Å²) in [6.07, 6.45) is 3.80. The maximum absolute atomic E-state index is 9.07. The van der Waals surface area contributed by atoms with Crippen LogP contribution in [0.15, 0.2) is 23.7 Å². The number of anilines is 1. The quantitative estimate of drug-likeness (QED) is 0.871. The normalized spacial score (nSPS) is 17.4. The largest absolute Gasteiger partial charge is 0.352 e. The second-order valence-electron chi connectivity index (χ2n) is 6.98. The zero-order chi connectivity index (χ0) is 15.7. The molecule has 2 aromatic rings. The van der Waals surface area contributed by atoms with Crippen molar-refractivity contribution in [1.29, 1.82) is 5.26 Å². The molecule has 114 valence electrons. The second kappa shape index (κ2) is 5.69. The first kappa shape index (κ1) is 15.0. The first-order valence-electron chi connectivity index (χ1n) is 7.51. The van der Waals surface area contributed by atoms with Gasteiger partial charge in [-0.3, -0.25) is 0 Å². The Hall–Kier alpha value is -1.93. The van der Waals surface area contributed by atoms with Gasteiger partial charge in [-0.05, 0) is 23.3 Å². The Kier molecular flexibility index (Phi) is 3.88. The lowest BCUT2D eigenvalue weighted by atomic mass is 9.95. The van der Waals surface area contributed by atoms with E-state index in [9.17, 15) is 0 Å². The van der Waals surface area contributed by atoms with Gasteiger partial charge in [0.1, 0.15) is 11.9 Å². The average molecular weight is 312 g/mol. The minimum absolute atomic E-state index is 0.174. The van der Waals surface area contributed by atoms with E-state index in [-0.39, 0.29) is 11.2 Å². The lowest BCUT2D eigenvalue weighted by Gasteiger charge is -2.33. The summed E-state index contributed by atoms with van der Waals surface area (Å²) in [5.74, 6) is 1.21. The molecule has 2 aromatic heterocycles. The van der Waals surface area contributed by atoms with Crippen molar-refractivity contribution in [3.05, 3.63) is 40.0 Å². The standard InChI is InChI=1S/C17H20N4S/c1-17(2,3)11-21-13(8-14-5-4-6-22-14)7-12-10-19-15(9-18)20-16(12)21/h4-6,10,13H,7-8,11H2,1-3H3. The molecule has 1 aliphatic rings. The third-order valence-electron chi connectivity index (χ3n) is 3.77. The lowest BCUT2D eigenvalue weighted by Crippen LogP contribution is -2.40. The molecule has 3 rings (SSSR count). The molecule has 0 saturated carbocycles. The van der Waals surface area contributed by atoms with Crippen molar-refractivity contribution in [2.75, 3.05) is 11.4 Å². The molecule has 0 N–H and O–H groups in total. The van der Waals surface area contributed by atoms with Crippen LogP contribution in [0.4, 0.5) is 5.82 Å². The van der Waals surface area contributed by atoms with Gasteiger partial charge < -0.3 is 4.90 Å². The molecule has 1 unspecified atom stereocenters. The molecule has 5 heteroatoms. The molecule has 1 aliphatic heterocycles. The summed E-state index contributed by atoms with van der Waals surface area (Å²) in [6, 6.07) is 6.74. The number of thiophene rings is 1. The molecule has 0 bridgehead atoms. The molecular formula is C17H20N4S. The Morgan fingerprint density at radius 1 is 1.45 bits per heavy atom. The van der Waals surface area contributed by atoms with Crippen molar-refractivity contribution in [2.45, 2.75) is 39.7 Å². The molecule has 1 atom stereocenters. The summed E-state index contributed by atoms with van der Waals surface area (Å²) in [5, 5.41) is 11.2. The van der Waals surface area contributed by atoms with E-state index in [0.29, 0.717) is 6.04 Å². The van der Waals surface area contributed by atoms with Gasteiger partial charge in [-0.1, -0.05) is 26.8 Å². The second-order valence-corrected chi connectivity index (χ2v) is 8.02. The molecule has 0 saturated heterocycles. The molecule has 0 fully saturated rings. The number of rotatable bonds is 3. The predicted octanol–water partition coefficient (Wildman–Crippen LogP) is 3.43. The summed E-state index contributed by atoms with van der Waals surface area (Å²) in [7, 11) is 0. The van der Waals surface area contributed by atoms with Crippen molar-refractivity contribution in [3.63, 3.8) is 0 Å². The fraction of sp³-hybridized carbons (Fsp3) is 0.471. The van der Waals surface area contributed by atoms with Gasteiger partial charge in [0, 0.05) is 35.6 Å². The predicted molar refractivity (Wildman–Crippen MR) is 89.1 cm³/mol. The third-order valence-corrected chi connectivity index (χ3v) is 4.67. The molecule has 0 spiro atoms. The topological polar surface area (TPSA) is 52.8 Å². The minimum Gasteiger partial charge on any atom is -0.352 e. The van der Waals surface area contributed by atoms with E-state index < -0.39 is 0 Å². The fourth-order valence-corrected chi connectivity index (χ4v) is 3.72. The van der Waals surface area contributed by atoms with Gasteiger partial charge in [0.15, 0.2) is 0 Å². The van der Waals surface area contributed by atoms with Crippen LogP contribution in [0.1, 0.15) is 37.0 Å². The van der Waals surface area contributed by atoms with Crippen molar-refractivity contribution >= 4 is 17.2 Å². The maximum Gasteiger partial charge on any atom is 0.234 e. The van der Waals surface area contributed by atoms with E-state index in [0.717, 1.165) is 30.8 Å². The highest BCUT2D eigenvalue weighted by Gasteiger charge is 2.33. The molecule has 4 nitrogen and oxygen atoms in total. The molecule has 22 heavy (non-hydrogen) atoms. The van der Waals surface area contributed by atoms with Crippen LogP contribution in [0.2, 0.25) is 0 Å². The number of hydrogen-bond donors (Lipinski definition) is 0. The smallest absolute Gasteiger partial charge is 0.234 e. The van der Waals surface area contributed by atoms with Crippen molar-refractivity contribution in [3.8, 4) is 6.07 Å². The summed E-state index contributed by atoms with van der Waals surface area (Å²) >= 11 is 1.80. The zero-order valence-corrected chi connectivity index (χ0v) is 14.0. The molecule has 0 aliphatic carbocycles. The summed E-state index contributed by atoms with van der Waals surface area (Å²) in [6.45, 7) is 7.64. The van der Waals surface area contributed by atoms with Gasteiger partial charge in [0.25, 0.3) is 0 Å². The van der Waals surface area contributed by atoms with Gasteiger partial charge in [-0.15, -0.1) is 11.3 Å². The van der Waals surface area contributed by atoms with Crippen LogP contribution in [0.5, 0.6) is 0 Å². The van der Waals surface area contributed by atoms with E-state index in [1.165, 1.54) is 4.88 Å². The number of nitriles is 1. The highest BCUT2D eigenvalue weighted by molar-refractivity contribution is 7.09. The Labute approximate surface area is 135 Å². The fourth-order valence-electron chi connectivity index (χ4n) is 2.94. The van der Waals surface area contributed by atoms with Gasteiger partial charge in [-0.2, -0.15) is 5.26 Å². The van der Waals surface area contributed by atoms with E-state index >= 15 is 0 Å². The van der Waals surface area contributed by atoms with Crippen LogP contribution in [0.25, 0.3) is 0 Å². The van der Waals surface area contributed by atoms with Crippen LogP contribution in [0.3, 0.4) is 0 Å². The van der Waals surface area contributed by atoms with E-state index in [1.54, 1.807) is 11.3 Å². The monoisotopic (exact) mass is 312 g/mol. The Bertz CT molecular complexity index is 694. The maximum atomic E-state index is 9.07. The Balaban J connectivity index is 1.92. The highest BCUT2D eigenvalue weighted by atomic mass is 32.1. The van der Waals surface area contributed by atoms with Crippen LogP contribution < -0.4 is 4.90 Å². The highest BCUT2D eigenvalue weighted by Crippen LogP contribution is 2.34. The molecule has 3 heterocycles. The van der Waals surface area contributed by atoms with Gasteiger partial charge >= 0.3 is 0 Å². The third kappa shape index (κ3) is 3.12. The summed E-state index contributed by atoms with van der Waals surface area (Å²) in [5.41, 5.74) is 1.33. The SMILES string of the molecule is CC(C)(C)CN1c2nc(C#N)ncc2CC1Cc1cccs1. The molecule has 0 aromatic carbocycles. The van der Waals surface area contributed by atoms with Crippen LogP contribution in [-0.4, -0.2) is 22.6 Å². The number of hydrogen-bond acceptors (Lipinski definition) is 5. The van der Waals surface area contributed by atoms with Gasteiger partial charge in [-0.25, -0.2) is 9.97 Å². The van der Waals surface area contributed by atoms with E-state index in [2.05, 4.69) is 59.2 Å². The lowest BCUT2D eigenvalue weighted by molar-refractivity contribution is 0.393. The Morgan fingerprint density at radius 3 is 2.91 bits per heavy atom. The first-order chi connectivity index (χ1) is 10.5. The number of nitrogens with zero attached hydrogens (tertiary/aromatic N) is 4. The summed E-state index contributed by atoms with van der Waals surface area (Å²) in [4.78, 5) is 12.4. The van der Waals surface area contributed by atoms with Crippen LogP contribution in [-0.2, 0) is 12.8 Å². The van der Waals surface area contributed by atoms with Crippen molar-refractivity contribution in [2.24, 2.45) is 5.41 Å². The average Bonchev–Trinajstić information content (AvgIpc) is 3.07. The van der Waals surface area contributed by atoms with Gasteiger partial charge in [0.05, 0.1) is 0 Å². The molecule has 0 radical (unpaired) electrons. The van der Waals surface area contributed by atoms with Crippen molar-refractivity contribution < 1.29 is 0 Å². The first-order valence-corrected chi connectivity index (χ1v) is 8.39. The molecular weight excluding hydrogens is 292 g/mol. The summed E-state index contributed by atoms with van der Waals surface area (Å²) < 4.78 is 0.